The van der Waals surface area contributed by atoms with E-state index < -0.39 is 0 Å². The van der Waals surface area contributed by atoms with Gasteiger partial charge in [-0.1, -0.05) is 60.4 Å². The molecular weight excluding hydrogens is 410 g/mol. The first-order valence-corrected chi connectivity index (χ1v) is 10.9. The second kappa shape index (κ2) is 10.2. The molecule has 3 aromatic rings. The SMILES string of the molecule is CCOC(=O)C(CC)Sc1nnc(NC(=O)COc2ccc3ccccc3c2)s1. The number of anilines is 1. The molecule has 29 heavy (non-hydrogen) atoms. The van der Waals surface area contributed by atoms with Crippen molar-refractivity contribution < 1.29 is 19.1 Å². The Morgan fingerprint density at radius 3 is 2.69 bits per heavy atom. The number of hydrogen-bond donors (Lipinski definition) is 1. The van der Waals surface area contributed by atoms with Gasteiger partial charge in [-0.05, 0) is 36.2 Å². The maximum Gasteiger partial charge on any atom is 0.319 e. The minimum Gasteiger partial charge on any atom is -0.484 e. The summed E-state index contributed by atoms with van der Waals surface area (Å²) < 4.78 is 11.2. The highest BCUT2D eigenvalue weighted by atomic mass is 32.2. The van der Waals surface area contributed by atoms with Crippen LogP contribution in [0.4, 0.5) is 5.13 Å². The highest BCUT2D eigenvalue weighted by Gasteiger charge is 2.21. The lowest BCUT2D eigenvalue weighted by Gasteiger charge is -2.10. The lowest BCUT2D eigenvalue weighted by molar-refractivity contribution is -0.142. The zero-order chi connectivity index (χ0) is 20.6. The van der Waals surface area contributed by atoms with E-state index in [0.717, 1.165) is 10.8 Å². The normalized spacial score (nSPS) is 11.8. The van der Waals surface area contributed by atoms with E-state index in [4.69, 9.17) is 9.47 Å². The molecule has 0 saturated carbocycles. The molecule has 1 heterocycles. The molecule has 0 aliphatic rings. The average molecular weight is 432 g/mol. The number of amides is 1. The third-order valence-corrected chi connectivity index (χ3v) is 6.17. The van der Waals surface area contributed by atoms with E-state index in [0.29, 0.717) is 28.2 Å². The number of thioether (sulfide) groups is 1. The Bertz CT molecular complexity index is 993. The van der Waals surface area contributed by atoms with Gasteiger partial charge in [0.2, 0.25) is 5.13 Å². The van der Waals surface area contributed by atoms with Gasteiger partial charge in [0.1, 0.15) is 11.0 Å². The van der Waals surface area contributed by atoms with Gasteiger partial charge >= 0.3 is 5.97 Å². The molecule has 0 fully saturated rings. The smallest absolute Gasteiger partial charge is 0.319 e. The van der Waals surface area contributed by atoms with Crippen LogP contribution in [0.1, 0.15) is 20.3 Å². The summed E-state index contributed by atoms with van der Waals surface area (Å²) in [5, 5.41) is 12.8. The predicted molar refractivity (Wildman–Crippen MR) is 115 cm³/mol. The summed E-state index contributed by atoms with van der Waals surface area (Å²) in [6, 6.07) is 13.6. The van der Waals surface area contributed by atoms with Crippen molar-refractivity contribution >= 4 is 50.9 Å². The maximum absolute atomic E-state index is 12.2. The molecule has 0 saturated heterocycles. The molecular formula is C20H21N3O4S2. The van der Waals surface area contributed by atoms with Crippen molar-refractivity contribution in [3.05, 3.63) is 42.5 Å². The molecule has 1 unspecified atom stereocenters. The summed E-state index contributed by atoms with van der Waals surface area (Å²) in [6.07, 6.45) is 0.615. The fraction of sp³-hybridized carbons (Fsp3) is 0.300. The number of ether oxygens (including phenoxy) is 2. The Kier molecular flexibility index (Phi) is 7.42. The van der Waals surface area contributed by atoms with Gasteiger partial charge in [0.05, 0.1) is 6.61 Å². The second-order valence-corrected chi connectivity index (χ2v) is 8.41. The molecule has 2 aromatic carbocycles. The Balaban J connectivity index is 1.52. The highest BCUT2D eigenvalue weighted by Crippen LogP contribution is 2.31. The summed E-state index contributed by atoms with van der Waals surface area (Å²) in [7, 11) is 0. The van der Waals surface area contributed by atoms with Crippen molar-refractivity contribution in [2.45, 2.75) is 29.9 Å². The van der Waals surface area contributed by atoms with Crippen molar-refractivity contribution in [3.63, 3.8) is 0 Å². The number of esters is 1. The van der Waals surface area contributed by atoms with Crippen molar-refractivity contribution in [2.24, 2.45) is 0 Å². The van der Waals surface area contributed by atoms with Crippen LogP contribution in [0.25, 0.3) is 10.8 Å². The summed E-state index contributed by atoms with van der Waals surface area (Å²) in [5.74, 6) is 0.0143. The van der Waals surface area contributed by atoms with E-state index in [9.17, 15) is 9.59 Å². The quantitative estimate of drug-likeness (QED) is 0.309. The Hall–Kier alpha value is -2.65. The molecule has 1 N–H and O–H groups in total. The van der Waals surface area contributed by atoms with E-state index in [-0.39, 0.29) is 23.7 Å². The number of aromatic nitrogens is 2. The molecule has 1 atom stereocenters. The molecule has 0 radical (unpaired) electrons. The van der Waals surface area contributed by atoms with Gasteiger partial charge in [0.25, 0.3) is 5.91 Å². The van der Waals surface area contributed by atoms with E-state index in [1.165, 1.54) is 23.1 Å². The molecule has 1 amide bonds. The van der Waals surface area contributed by atoms with Crippen molar-refractivity contribution in [1.29, 1.82) is 0 Å². The zero-order valence-corrected chi connectivity index (χ0v) is 17.7. The predicted octanol–water partition coefficient (Wildman–Crippen LogP) is 4.14. The number of nitrogens with zero attached hydrogens (tertiary/aromatic N) is 2. The van der Waals surface area contributed by atoms with Gasteiger partial charge in [0, 0.05) is 0 Å². The third-order valence-electron chi connectivity index (χ3n) is 3.91. The number of benzene rings is 2. The number of hydrogen-bond acceptors (Lipinski definition) is 8. The molecule has 7 nitrogen and oxygen atoms in total. The van der Waals surface area contributed by atoms with Crippen LogP contribution in [-0.2, 0) is 14.3 Å². The van der Waals surface area contributed by atoms with Gasteiger partial charge in [-0.3, -0.25) is 14.9 Å². The Morgan fingerprint density at radius 2 is 1.93 bits per heavy atom. The van der Waals surface area contributed by atoms with E-state index in [1.54, 1.807) is 6.92 Å². The first-order chi connectivity index (χ1) is 14.1. The average Bonchev–Trinajstić information content (AvgIpc) is 3.17. The molecule has 0 aliphatic heterocycles. The minimum atomic E-state index is -0.345. The van der Waals surface area contributed by atoms with Crippen molar-refractivity contribution in [1.82, 2.24) is 10.2 Å². The Labute approximate surface area is 176 Å². The number of fused-ring (bicyclic) bond motifs is 1. The monoisotopic (exact) mass is 431 g/mol. The van der Waals surface area contributed by atoms with Crippen LogP contribution in [0.5, 0.6) is 5.75 Å². The molecule has 9 heteroatoms. The fourth-order valence-electron chi connectivity index (χ4n) is 2.52. The topological polar surface area (TPSA) is 90.4 Å². The first-order valence-electron chi connectivity index (χ1n) is 9.17. The van der Waals surface area contributed by atoms with Crippen LogP contribution in [0.2, 0.25) is 0 Å². The molecule has 0 spiro atoms. The largest absolute Gasteiger partial charge is 0.484 e. The summed E-state index contributed by atoms with van der Waals surface area (Å²) in [5.41, 5.74) is 0. The van der Waals surface area contributed by atoms with E-state index >= 15 is 0 Å². The standard InChI is InChI=1S/C20H21N3O4S2/c1-3-16(18(25)26-4-2)28-20-23-22-19(29-20)21-17(24)12-27-15-10-9-13-7-5-6-8-14(13)11-15/h5-11,16H,3-4,12H2,1-2H3,(H,21,22,24). The maximum atomic E-state index is 12.2. The fourth-order valence-corrected chi connectivity index (χ4v) is 4.46. The van der Waals surface area contributed by atoms with Crippen molar-refractivity contribution in [3.8, 4) is 5.75 Å². The van der Waals surface area contributed by atoms with Gasteiger partial charge < -0.3 is 9.47 Å². The number of nitrogens with one attached hydrogen (secondary N) is 1. The first kappa shape index (κ1) is 21.1. The van der Waals surface area contributed by atoms with Crippen LogP contribution in [-0.4, -0.2) is 40.5 Å². The molecule has 1 aromatic heterocycles. The molecule has 0 bridgehead atoms. The molecule has 3 rings (SSSR count). The van der Waals surface area contributed by atoms with Gasteiger partial charge in [-0.2, -0.15) is 0 Å². The van der Waals surface area contributed by atoms with Crippen LogP contribution in [0.3, 0.4) is 0 Å². The van der Waals surface area contributed by atoms with Gasteiger partial charge in [-0.15, -0.1) is 10.2 Å². The van der Waals surface area contributed by atoms with Crippen LogP contribution < -0.4 is 10.1 Å². The van der Waals surface area contributed by atoms with Gasteiger partial charge in [-0.25, -0.2) is 0 Å². The van der Waals surface area contributed by atoms with E-state index in [1.807, 2.05) is 49.4 Å². The summed E-state index contributed by atoms with van der Waals surface area (Å²) in [4.78, 5) is 24.0. The van der Waals surface area contributed by atoms with Crippen LogP contribution in [0, 0.1) is 0 Å². The minimum absolute atomic E-state index is 0.138. The van der Waals surface area contributed by atoms with Gasteiger partial charge in [0.15, 0.2) is 10.9 Å². The number of rotatable bonds is 9. The lowest BCUT2D eigenvalue weighted by atomic mass is 10.1. The van der Waals surface area contributed by atoms with Crippen molar-refractivity contribution in [2.75, 3.05) is 18.5 Å². The number of carbonyl (C=O) groups is 2. The number of carbonyl (C=O) groups excluding carboxylic acids is 2. The second-order valence-electron chi connectivity index (χ2n) is 5.99. The molecule has 152 valence electrons. The summed E-state index contributed by atoms with van der Waals surface area (Å²) in [6.45, 7) is 3.88. The lowest BCUT2D eigenvalue weighted by Crippen LogP contribution is -2.20. The van der Waals surface area contributed by atoms with E-state index in [2.05, 4.69) is 15.5 Å². The van der Waals surface area contributed by atoms with Crippen LogP contribution in [0.15, 0.2) is 46.8 Å². The summed E-state index contributed by atoms with van der Waals surface area (Å²) >= 11 is 2.49. The Morgan fingerprint density at radius 1 is 1.14 bits per heavy atom. The third kappa shape index (κ3) is 5.91. The highest BCUT2D eigenvalue weighted by molar-refractivity contribution is 8.02. The zero-order valence-electron chi connectivity index (χ0n) is 16.1. The van der Waals surface area contributed by atoms with Crippen LogP contribution >= 0.6 is 23.1 Å². The molecule has 0 aliphatic carbocycles.